The molecule has 3 rings (SSSR count). The highest BCUT2D eigenvalue weighted by atomic mass is 35.5. The number of carbonyl (C=O) groups is 1. The lowest BCUT2D eigenvalue weighted by Gasteiger charge is -2.24. The summed E-state index contributed by atoms with van der Waals surface area (Å²) in [4.78, 5) is 11.5. The van der Waals surface area contributed by atoms with Gasteiger partial charge in [0.15, 0.2) is 0 Å². The normalized spacial score (nSPS) is 22.3. The van der Waals surface area contributed by atoms with Crippen LogP contribution in [0.3, 0.4) is 0 Å². The second-order valence-corrected chi connectivity index (χ2v) is 5.76. The van der Waals surface area contributed by atoms with Crippen LogP contribution < -0.4 is 5.32 Å². The van der Waals surface area contributed by atoms with Crippen LogP contribution in [0.15, 0.2) is 29.6 Å². The Kier molecular flexibility index (Phi) is 4.13. The highest BCUT2D eigenvalue weighted by Gasteiger charge is 2.41. The van der Waals surface area contributed by atoms with Crippen molar-refractivity contribution in [2.75, 3.05) is 6.54 Å². The third-order valence-electron chi connectivity index (χ3n) is 3.71. The summed E-state index contributed by atoms with van der Waals surface area (Å²) in [6.07, 6.45) is 2.23. The van der Waals surface area contributed by atoms with E-state index in [-0.39, 0.29) is 12.4 Å². The Morgan fingerprint density at radius 3 is 2.89 bits per heavy atom. The average molecular weight is 298 g/mol. The lowest BCUT2D eigenvalue weighted by Crippen LogP contribution is -2.49. The van der Waals surface area contributed by atoms with E-state index >= 15 is 0 Å². The van der Waals surface area contributed by atoms with E-state index < -0.39 is 11.5 Å². The fraction of sp³-hybridized carbons (Fsp3) is 0.357. The van der Waals surface area contributed by atoms with Crippen molar-refractivity contribution < 1.29 is 9.90 Å². The molecule has 1 atom stereocenters. The third kappa shape index (κ3) is 2.48. The van der Waals surface area contributed by atoms with E-state index in [1.54, 1.807) is 11.3 Å². The molecule has 0 aliphatic carbocycles. The van der Waals surface area contributed by atoms with Gasteiger partial charge in [0.2, 0.25) is 0 Å². The second-order valence-electron chi connectivity index (χ2n) is 4.85. The van der Waals surface area contributed by atoms with E-state index in [2.05, 4.69) is 22.8 Å². The molecule has 2 aromatic rings. The predicted octanol–water partition coefficient (Wildman–Crippen LogP) is 3.07. The molecule has 0 saturated carbocycles. The molecular weight excluding hydrogens is 282 g/mol. The number of nitrogens with one attached hydrogen (secondary N) is 1. The zero-order valence-corrected chi connectivity index (χ0v) is 12.0. The lowest BCUT2D eigenvalue weighted by molar-refractivity contribution is -0.144. The summed E-state index contributed by atoms with van der Waals surface area (Å²) in [5.74, 6) is -0.727. The molecule has 1 aromatic carbocycles. The van der Waals surface area contributed by atoms with Gasteiger partial charge in [0.05, 0.1) is 0 Å². The SMILES string of the molecule is Cl.O=C(O)[C@@]1(Cc2csc3ccccc23)CCCN1. The van der Waals surface area contributed by atoms with Crippen molar-refractivity contribution in [2.24, 2.45) is 0 Å². The molecule has 5 heteroatoms. The number of aliphatic carboxylic acids is 1. The number of carboxylic acid groups (broad SMARTS) is 1. The van der Waals surface area contributed by atoms with E-state index in [1.165, 1.54) is 10.1 Å². The number of benzene rings is 1. The van der Waals surface area contributed by atoms with Crippen molar-refractivity contribution in [2.45, 2.75) is 24.8 Å². The molecule has 1 aliphatic heterocycles. The molecule has 0 bridgehead atoms. The molecular formula is C14H16ClNO2S. The summed E-state index contributed by atoms with van der Waals surface area (Å²) in [5, 5.41) is 15.9. The number of thiophene rings is 1. The summed E-state index contributed by atoms with van der Waals surface area (Å²) in [7, 11) is 0. The van der Waals surface area contributed by atoms with Crippen LogP contribution in [0, 0.1) is 0 Å². The van der Waals surface area contributed by atoms with Gasteiger partial charge in [0, 0.05) is 11.1 Å². The van der Waals surface area contributed by atoms with E-state index in [4.69, 9.17) is 0 Å². The van der Waals surface area contributed by atoms with Crippen molar-refractivity contribution in [3.63, 3.8) is 0 Å². The maximum absolute atomic E-state index is 11.5. The van der Waals surface area contributed by atoms with E-state index in [1.807, 2.05) is 12.1 Å². The monoisotopic (exact) mass is 297 g/mol. The molecule has 1 saturated heterocycles. The van der Waals surface area contributed by atoms with Gasteiger partial charge in [-0.2, -0.15) is 0 Å². The van der Waals surface area contributed by atoms with E-state index in [0.29, 0.717) is 12.8 Å². The van der Waals surface area contributed by atoms with Gasteiger partial charge >= 0.3 is 5.97 Å². The first-order chi connectivity index (χ1) is 8.71. The Labute approximate surface area is 122 Å². The molecule has 102 valence electrons. The maximum atomic E-state index is 11.5. The van der Waals surface area contributed by atoms with Gasteiger partial charge in [0.1, 0.15) is 5.54 Å². The van der Waals surface area contributed by atoms with Crippen molar-refractivity contribution in [1.82, 2.24) is 5.32 Å². The highest BCUT2D eigenvalue weighted by Crippen LogP contribution is 2.31. The van der Waals surface area contributed by atoms with Crippen molar-refractivity contribution in [1.29, 1.82) is 0 Å². The first-order valence-electron chi connectivity index (χ1n) is 6.15. The van der Waals surface area contributed by atoms with E-state index in [0.717, 1.165) is 18.5 Å². The van der Waals surface area contributed by atoms with Crippen LogP contribution >= 0.6 is 23.7 Å². The van der Waals surface area contributed by atoms with Gasteiger partial charge in [-0.15, -0.1) is 23.7 Å². The number of hydrogen-bond acceptors (Lipinski definition) is 3. The minimum atomic E-state index is -0.760. The number of carboxylic acids is 1. The zero-order valence-electron chi connectivity index (χ0n) is 10.4. The first-order valence-corrected chi connectivity index (χ1v) is 7.03. The zero-order chi connectivity index (χ0) is 12.6. The molecule has 0 amide bonds. The fourth-order valence-corrected chi connectivity index (χ4v) is 3.67. The van der Waals surface area contributed by atoms with Gasteiger partial charge in [-0.1, -0.05) is 18.2 Å². The Hall–Kier alpha value is -1.10. The largest absolute Gasteiger partial charge is 0.480 e. The van der Waals surface area contributed by atoms with Gasteiger partial charge in [0.25, 0.3) is 0 Å². The first kappa shape index (κ1) is 14.3. The van der Waals surface area contributed by atoms with Gasteiger partial charge < -0.3 is 10.4 Å². The molecule has 1 aromatic heterocycles. The van der Waals surface area contributed by atoms with Crippen LogP contribution in [0.1, 0.15) is 18.4 Å². The molecule has 0 unspecified atom stereocenters. The van der Waals surface area contributed by atoms with Gasteiger partial charge in [-0.3, -0.25) is 4.79 Å². The van der Waals surface area contributed by atoms with Crippen molar-refractivity contribution in [3.05, 3.63) is 35.2 Å². The number of rotatable bonds is 3. The second kappa shape index (κ2) is 5.49. The summed E-state index contributed by atoms with van der Waals surface area (Å²) >= 11 is 1.69. The Morgan fingerprint density at radius 1 is 1.42 bits per heavy atom. The summed E-state index contributed by atoms with van der Waals surface area (Å²) < 4.78 is 1.23. The molecule has 2 N–H and O–H groups in total. The number of halogens is 1. The van der Waals surface area contributed by atoms with E-state index in [9.17, 15) is 9.90 Å². The van der Waals surface area contributed by atoms with Crippen LogP contribution in [0.4, 0.5) is 0 Å². The van der Waals surface area contributed by atoms with Crippen LogP contribution in [0.25, 0.3) is 10.1 Å². The average Bonchev–Trinajstić information content (AvgIpc) is 2.99. The topological polar surface area (TPSA) is 49.3 Å². The lowest BCUT2D eigenvalue weighted by atomic mass is 9.89. The summed E-state index contributed by atoms with van der Waals surface area (Å²) in [6.45, 7) is 0.800. The quantitative estimate of drug-likeness (QED) is 0.915. The van der Waals surface area contributed by atoms with Crippen molar-refractivity contribution in [3.8, 4) is 0 Å². The standard InChI is InChI=1S/C14H15NO2S.ClH/c16-13(17)14(6-3-7-15-14)8-10-9-18-12-5-2-1-4-11(10)12;/h1-2,4-5,9,15H,3,6-8H2,(H,16,17);1H/t14-;/m0./s1. The maximum Gasteiger partial charge on any atom is 0.324 e. The summed E-state index contributed by atoms with van der Waals surface area (Å²) in [6, 6.07) is 8.18. The van der Waals surface area contributed by atoms with Crippen LogP contribution in [-0.4, -0.2) is 23.2 Å². The molecule has 1 fully saturated rings. The Balaban J connectivity index is 0.00000133. The third-order valence-corrected chi connectivity index (χ3v) is 4.72. The highest BCUT2D eigenvalue weighted by molar-refractivity contribution is 7.17. The Bertz CT molecular complexity index is 590. The van der Waals surface area contributed by atoms with Crippen LogP contribution in [0.5, 0.6) is 0 Å². The molecule has 0 radical (unpaired) electrons. The van der Waals surface area contributed by atoms with Crippen LogP contribution in [-0.2, 0) is 11.2 Å². The molecule has 3 nitrogen and oxygen atoms in total. The van der Waals surface area contributed by atoms with Gasteiger partial charge in [-0.05, 0) is 41.8 Å². The number of fused-ring (bicyclic) bond motifs is 1. The fourth-order valence-electron chi connectivity index (χ4n) is 2.71. The smallest absolute Gasteiger partial charge is 0.324 e. The minimum absolute atomic E-state index is 0. The molecule has 0 spiro atoms. The van der Waals surface area contributed by atoms with Crippen LogP contribution in [0.2, 0.25) is 0 Å². The van der Waals surface area contributed by atoms with Gasteiger partial charge in [-0.25, -0.2) is 0 Å². The Morgan fingerprint density at radius 2 is 2.21 bits per heavy atom. The minimum Gasteiger partial charge on any atom is -0.480 e. The number of hydrogen-bond donors (Lipinski definition) is 2. The summed E-state index contributed by atoms with van der Waals surface area (Å²) in [5.41, 5.74) is 0.386. The molecule has 19 heavy (non-hydrogen) atoms. The van der Waals surface area contributed by atoms with Crippen molar-refractivity contribution >= 4 is 39.8 Å². The predicted molar refractivity (Wildman–Crippen MR) is 80.4 cm³/mol. The molecule has 1 aliphatic rings. The molecule has 2 heterocycles.